The van der Waals surface area contributed by atoms with Gasteiger partial charge in [0.25, 0.3) is 5.91 Å². The number of pyridine rings is 1. The van der Waals surface area contributed by atoms with E-state index in [0.29, 0.717) is 10.4 Å². The molecule has 0 saturated carbocycles. The molecule has 0 aliphatic rings. The molecule has 100 valence electrons. The summed E-state index contributed by atoms with van der Waals surface area (Å²) in [5, 5.41) is 3.69. The lowest BCUT2D eigenvalue weighted by Gasteiger charge is -2.07. The number of hydrogen-bond donors (Lipinski definition) is 1. The number of carbonyl (C=O) groups is 1. The van der Waals surface area contributed by atoms with Crippen LogP contribution in [0, 0.1) is 0 Å². The highest BCUT2D eigenvalue weighted by molar-refractivity contribution is 9.10. The monoisotopic (exact) mass is 394 g/mol. The number of rotatable bonds is 2. The molecule has 0 radical (unpaired) electrons. The standard InChI is InChI=1S/C14H8Br2N2O2/c15-8-1-2-10-9(7-8)11(5-6-17-10)18-14(19)12-3-4-13(16)20-12/h1-7H,(H,17,18,19). The van der Waals surface area contributed by atoms with Crippen molar-refractivity contribution in [3.8, 4) is 0 Å². The molecule has 2 heterocycles. The average Bonchev–Trinajstić information content (AvgIpc) is 2.86. The maximum Gasteiger partial charge on any atom is 0.291 e. The number of amides is 1. The maximum atomic E-state index is 12.1. The molecule has 0 aliphatic heterocycles. The first-order valence-corrected chi connectivity index (χ1v) is 7.33. The summed E-state index contributed by atoms with van der Waals surface area (Å²) >= 11 is 6.59. The first-order chi connectivity index (χ1) is 9.63. The third kappa shape index (κ3) is 2.62. The topological polar surface area (TPSA) is 55.1 Å². The van der Waals surface area contributed by atoms with Crippen LogP contribution >= 0.6 is 31.9 Å². The predicted molar refractivity (Wildman–Crippen MR) is 83.8 cm³/mol. The molecule has 3 aromatic rings. The summed E-state index contributed by atoms with van der Waals surface area (Å²) in [6.07, 6.45) is 1.66. The molecule has 2 aromatic heterocycles. The van der Waals surface area contributed by atoms with E-state index in [2.05, 4.69) is 42.2 Å². The number of aromatic nitrogens is 1. The summed E-state index contributed by atoms with van der Waals surface area (Å²) in [6.45, 7) is 0. The summed E-state index contributed by atoms with van der Waals surface area (Å²) in [5.74, 6) is -0.0555. The highest BCUT2D eigenvalue weighted by Gasteiger charge is 2.12. The fourth-order valence-corrected chi connectivity index (χ4v) is 2.52. The minimum absolute atomic E-state index is 0.247. The van der Waals surface area contributed by atoms with E-state index in [0.717, 1.165) is 15.4 Å². The van der Waals surface area contributed by atoms with Crippen molar-refractivity contribution in [2.24, 2.45) is 0 Å². The third-order valence-corrected chi connectivity index (χ3v) is 3.67. The Morgan fingerprint density at radius 2 is 2.00 bits per heavy atom. The van der Waals surface area contributed by atoms with E-state index in [1.165, 1.54) is 0 Å². The van der Waals surface area contributed by atoms with Gasteiger partial charge < -0.3 is 9.73 Å². The summed E-state index contributed by atoms with van der Waals surface area (Å²) < 4.78 is 6.68. The van der Waals surface area contributed by atoms with Gasteiger partial charge in [-0.15, -0.1) is 0 Å². The number of benzene rings is 1. The van der Waals surface area contributed by atoms with Gasteiger partial charge in [0.1, 0.15) is 0 Å². The molecule has 0 fully saturated rings. The van der Waals surface area contributed by atoms with Crippen molar-refractivity contribution in [3.05, 3.63) is 57.5 Å². The Hall–Kier alpha value is -1.66. The maximum absolute atomic E-state index is 12.1. The predicted octanol–water partition coefficient (Wildman–Crippen LogP) is 4.61. The van der Waals surface area contributed by atoms with E-state index < -0.39 is 0 Å². The summed E-state index contributed by atoms with van der Waals surface area (Å²) in [5.41, 5.74) is 1.50. The Labute approximate surface area is 131 Å². The van der Waals surface area contributed by atoms with Crippen LogP contribution in [-0.2, 0) is 0 Å². The van der Waals surface area contributed by atoms with Crippen molar-refractivity contribution < 1.29 is 9.21 Å². The van der Waals surface area contributed by atoms with Gasteiger partial charge in [-0.25, -0.2) is 0 Å². The molecule has 1 aromatic carbocycles. The normalized spacial score (nSPS) is 10.7. The van der Waals surface area contributed by atoms with E-state index >= 15 is 0 Å². The highest BCUT2D eigenvalue weighted by Crippen LogP contribution is 2.25. The molecule has 0 spiro atoms. The van der Waals surface area contributed by atoms with Gasteiger partial charge in [0.15, 0.2) is 10.4 Å². The van der Waals surface area contributed by atoms with Crippen LogP contribution in [0.4, 0.5) is 5.69 Å². The van der Waals surface area contributed by atoms with Crippen LogP contribution in [0.15, 0.2) is 56.2 Å². The van der Waals surface area contributed by atoms with E-state index in [1.54, 1.807) is 24.4 Å². The van der Waals surface area contributed by atoms with Crippen LogP contribution in [0.5, 0.6) is 0 Å². The molecule has 6 heteroatoms. The molecule has 1 N–H and O–H groups in total. The number of furan rings is 1. The third-order valence-electron chi connectivity index (χ3n) is 2.75. The second-order valence-electron chi connectivity index (χ2n) is 4.08. The van der Waals surface area contributed by atoms with Crippen LogP contribution in [0.2, 0.25) is 0 Å². The molecule has 3 rings (SSSR count). The molecule has 0 atom stereocenters. The Balaban J connectivity index is 1.98. The summed E-state index contributed by atoms with van der Waals surface area (Å²) in [4.78, 5) is 16.4. The van der Waals surface area contributed by atoms with Crippen LogP contribution in [-0.4, -0.2) is 10.9 Å². The molecular weight excluding hydrogens is 388 g/mol. The zero-order valence-corrected chi connectivity index (χ0v) is 13.2. The van der Waals surface area contributed by atoms with Crippen molar-refractivity contribution in [2.75, 3.05) is 5.32 Å². The van der Waals surface area contributed by atoms with E-state index in [4.69, 9.17) is 4.42 Å². The van der Waals surface area contributed by atoms with Crippen molar-refractivity contribution in [1.29, 1.82) is 0 Å². The molecule has 0 aliphatic carbocycles. The van der Waals surface area contributed by atoms with Crippen LogP contribution in [0.1, 0.15) is 10.6 Å². The molecular formula is C14H8Br2N2O2. The smallest absolute Gasteiger partial charge is 0.291 e. The largest absolute Gasteiger partial charge is 0.444 e. The Kier molecular flexibility index (Phi) is 3.58. The lowest BCUT2D eigenvalue weighted by Crippen LogP contribution is -2.11. The van der Waals surface area contributed by atoms with Crippen LogP contribution < -0.4 is 5.32 Å². The van der Waals surface area contributed by atoms with Crippen LogP contribution in [0.3, 0.4) is 0 Å². The minimum atomic E-state index is -0.303. The number of nitrogens with one attached hydrogen (secondary N) is 1. The molecule has 0 bridgehead atoms. The molecule has 0 saturated heterocycles. The molecule has 4 nitrogen and oxygen atoms in total. The zero-order valence-electron chi connectivity index (χ0n) is 10.1. The molecule has 1 amide bonds. The average molecular weight is 396 g/mol. The summed E-state index contributed by atoms with van der Waals surface area (Å²) in [7, 11) is 0. The number of halogens is 2. The Bertz CT molecular complexity index is 799. The number of anilines is 1. The van der Waals surface area contributed by atoms with Crippen molar-refractivity contribution in [3.63, 3.8) is 0 Å². The van der Waals surface area contributed by atoms with Gasteiger partial charge in [-0.05, 0) is 52.3 Å². The lowest BCUT2D eigenvalue weighted by atomic mass is 10.2. The number of nitrogens with zero attached hydrogens (tertiary/aromatic N) is 1. The van der Waals surface area contributed by atoms with Crippen LogP contribution in [0.25, 0.3) is 10.9 Å². The number of carbonyl (C=O) groups excluding carboxylic acids is 1. The Morgan fingerprint density at radius 1 is 1.15 bits per heavy atom. The van der Waals surface area contributed by atoms with E-state index in [1.807, 2.05) is 18.2 Å². The summed E-state index contributed by atoms with van der Waals surface area (Å²) in [6, 6.07) is 10.7. The lowest BCUT2D eigenvalue weighted by molar-refractivity contribution is 0.0995. The van der Waals surface area contributed by atoms with Crippen molar-refractivity contribution in [2.45, 2.75) is 0 Å². The Morgan fingerprint density at radius 3 is 2.75 bits per heavy atom. The number of fused-ring (bicyclic) bond motifs is 1. The first kappa shape index (κ1) is 13.3. The highest BCUT2D eigenvalue weighted by atomic mass is 79.9. The number of hydrogen-bond acceptors (Lipinski definition) is 3. The molecule has 0 unspecified atom stereocenters. The fourth-order valence-electron chi connectivity index (χ4n) is 1.85. The fraction of sp³-hybridized carbons (Fsp3) is 0. The van der Waals surface area contributed by atoms with Gasteiger partial charge in [0.2, 0.25) is 0 Å². The minimum Gasteiger partial charge on any atom is -0.444 e. The van der Waals surface area contributed by atoms with Gasteiger partial charge in [-0.1, -0.05) is 15.9 Å². The second-order valence-corrected chi connectivity index (χ2v) is 5.78. The first-order valence-electron chi connectivity index (χ1n) is 5.74. The van der Waals surface area contributed by atoms with E-state index in [-0.39, 0.29) is 11.7 Å². The van der Waals surface area contributed by atoms with Crippen molar-refractivity contribution in [1.82, 2.24) is 4.98 Å². The SMILES string of the molecule is O=C(Nc1ccnc2ccc(Br)cc12)c1ccc(Br)o1. The van der Waals surface area contributed by atoms with Gasteiger partial charge in [0.05, 0.1) is 11.2 Å². The zero-order chi connectivity index (χ0) is 14.1. The van der Waals surface area contributed by atoms with E-state index in [9.17, 15) is 4.79 Å². The van der Waals surface area contributed by atoms with Gasteiger partial charge in [-0.3, -0.25) is 9.78 Å². The van der Waals surface area contributed by atoms with Crippen molar-refractivity contribution >= 4 is 54.4 Å². The second kappa shape index (κ2) is 5.38. The quantitative estimate of drug-likeness (QED) is 0.689. The van der Waals surface area contributed by atoms with Gasteiger partial charge >= 0.3 is 0 Å². The van der Waals surface area contributed by atoms with Gasteiger partial charge in [0, 0.05) is 16.1 Å². The van der Waals surface area contributed by atoms with Gasteiger partial charge in [-0.2, -0.15) is 0 Å². The molecule has 20 heavy (non-hydrogen) atoms.